The third-order valence-electron chi connectivity index (χ3n) is 1.56. The van der Waals surface area contributed by atoms with Crippen molar-refractivity contribution in [2.24, 2.45) is 0 Å². The molecule has 0 aromatic heterocycles. The summed E-state index contributed by atoms with van der Waals surface area (Å²) in [5, 5.41) is 17.9. The summed E-state index contributed by atoms with van der Waals surface area (Å²) in [6.45, 7) is 3.61. The third kappa shape index (κ3) is 2.39. The van der Waals surface area contributed by atoms with Crippen molar-refractivity contribution < 1.29 is 19.7 Å². The molecule has 0 saturated carbocycles. The smallest absolute Gasteiger partial charge is 0.339 e. The van der Waals surface area contributed by atoms with Gasteiger partial charge in [-0.1, -0.05) is 0 Å². The van der Waals surface area contributed by atoms with Crippen LogP contribution in [0.15, 0.2) is 18.2 Å². The minimum Gasteiger partial charge on any atom is -0.508 e. The van der Waals surface area contributed by atoms with E-state index in [0.717, 1.165) is 0 Å². The Morgan fingerprint density at radius 1 is 1.43 bits per heavy atom. The summed E-state index contributed by atoms with van der Waals surface area (Å²) in [7, 11) is 0. The van der Waals surface area contributed by atoms with E-state index in [-0.39, 0.29) is 23.2 Å². The van der Waals surface area contributed by atoms with Gasteiger partial charge in [-0.05, 0) is 32.0 Å². The van der Waals surface area contributed by atoms with Crippen LogP contribution in [-0.4, -0.2) is 22.3 Å². The van der Waals surface area contributed by atoms with Crippen LogP contribution in [0.25, 0.3) is 0 Å². The van der Waals surface area contributed by atoms with Crippen LogP contribution in [0, 0.1) is 0 Å². The zero-order valence-corrected chi connectivity index (χ0v) is 8.02. The number of carboxylic acid groups (broad SMARTS) is 1. The molecule has 0 spiro atoms. The lowest BCUT2D eigenvalue weighted by atomic mass is 10.2. The third-order valence-corrected chi connectivity index (χ3v) is 1.56. The highest BCUT2D eigenvalue weighted by molar-refractivity contribution is 5.91. The fraction of sp³-hybridized carbons (Fsp3) is 0.300. The zero-order valence-electron chi connectivity index (χ0n) is 8.02. The van der Waals surface area contributed by atoms with Crippen LogP contribution in [0.2, 0.25) is 0 Å². The number of carbonyl (C=O) groups is 1. The maximum Gasteiger partial charge on any atom is 0.339 e. The zero-order chi connectivity index (χ0) is 10.7. The van der Waals surface area contributed by atoms with E-state index in [1.807, 2.05) is 0 Å². The highest BCUT2D eigenvalue weighted by Gasteiger charge is 2.12. The molecule has 1 aromatic rings. The topological polar surface area (TPSA) is 66.8 Å². The Kier molecular flexibility index (Phi) is 2.96. The van der Waals surface area contributed by atoms with Crippen molar-refractivity contribution in [3.8, 4) is 11.5 Å². The Bertz CT molecular complexity index is 344. The second kappa shape index (κ2) is 4.00. The SMILES string of the molecule is CC(C)Oc1ccc(O)cc1C(=O)O. The molecule has 14 heavy (non-hydrogen) atoms. The van der Waals surface area contributed by atoms with E-state index in [1.54, 1.807) is 13.8 Å². The van der Waals surface area contributed by atoms with Crippen molar-refractivity contribution in [3.63, 3.8) is 0 Å². The van der Waals surface area contributed by atoms with Crippen molar-refractivity contribution in [1.29, 1.82) is 0 Å². The molecule has 0 aliphatic rings. The molecule has 0 unspecified atom stereocenters. The number of phenols is 1. The Hall–Kier alpha value is -1.71. The Morgan fingerprint density at radius 2 is 2.07 bits per heavy atom. The van der Waals surface area contributed by atoms with E-state index in [0.29, 0.717) is 0 Å². The average Bonchev–Trinajstić information content (AvgIpc) is 2.07. The number of benzene rings is 1. The van der Waals surface area contributed by atoms with E-state index in [4.69, 9.17) is 14.9 Å². The lowest BCUT2D eigenvalue weighted by Crippen LogP contribution is -2.09. The molecule has 4 heteroatoms. The van der Waals surface area contributed by atoms with Gasteiger partial charge in [-0.15, -0.1) is 0 Å². The highest BCUT2D eigenvalue weighted by Crippen LogP contribution is 2.24. The predicted octanol–water partition coefficient (Wildman–Crippen LogP) is 1.88. The van der Waals surface area contributed by atoms with Crippen LogP contribution in [0.5, 0.6) is 11.5 Å². The molecule has 0 fully saturated rings. The molecule has 0 amide bonds. The first-order chi connectivity index (χ1) is 6.50. The molecule has 1 rings (SSSR count). The summed E-state index contributed by atoms with van der Waals surface area (Å²) in [5.74, 6) is -0.930. The number of aromatic hydroxyl groups is 1. The number of aromatic carboxylic acids is 1. The van der Waals surface area contributed by atoms with Crippen molar-refractivity contribution in [3.05, 3.63) is 23.8 Å². The molecular weight excluding hydrogens is 184 g/mol. The molecule has 4 nitrogen and oxygen atoms in total. The molecule has 0 radical (unpaired) electrons. The van der Waals surface area contributed by atoms with Gasteiger partial charge in [0, 0.05) is 0 Å². The van der Waals surface area contributed by atoms with E-state index >= 15 is 0 Å². The van der Waals surface area contributed by atoms with Gasteiger partial charge in [0.2, 0.25) is 0 Å². The molecule has 0 atom stereocenters. The first-order valence-corrected chi connectivity index (χ1v) is 4.23. The summed E-state index contributed by atoms with van der Waals surface area (Å²) < 4.78 is 5.27. The molecule has 0 heterocycles. The number of phenolic OH excluding ortho intramolecular Hbond substituents is 1. The molecule has 0 saturated heterocycles. The first-order valence-electron chi connectivity index (χ1n) is 4.23. The van der Waals surface area contributed by atoms with Gasteiger partial charge in [-0.25, -0.2) is 4.79 Å². The van der Waals surface area contributed by atoms with Crippen LogP contribution in [0.4, 0.5) is 0 Å². The second-order valence-corrected chi connectivity index (χ2v) is 3.15. The molecule has 1 aromatic carbocycles. The summed E-state index contributed by atoms with van der Waals surface area (Å²) in [6.07, 6.45) is -0.0994. The fourth-order valence-electron chi connectivity index (χ4n) is 1.04. The van der Waals surface area contributed by atoms with Gasteiger partial charge >= 0.3 is 5.97 Å². The number of rotatable bonds is 3. The lowest BCUT2D eigenvalue weighted by Gasteiger charge is -2.11. The van der Waals surface area contributed by atoms with E-state index < -0.39 is 5.97 Å². The van der Waals surface area contributed by atoms with Crippen molar-refractivity contribution in [2.45, 2.75) is 20.0 Å². The van der Waals surface area contributed by atoms with Crippen molar-refractivity contribution in [2.75, 3.05) is 0 Å². The maximum atomic E-state index is 10.8. The molecular formula is C10H12O4. The first kappa shape index (κ1) is 10.4. The van der Waals surface area contributed by atoms with Crippen molar-refractivity contribution in [1.82, 2.24) is 0 Å². The summed E-state index contributed by atoms with van der Waals surface area (Å²) in [4.78, 5) is 10.8. The number of hydrogen-bond acceptors (Lipinski definition) is 3. The normalized spacial score (nSPS) is 10.2. The van der Waals surface area contributed by atoms with Gasteiger partial charge in [0.05, 0.1) is 6.10 Å². The lowest BCUT2D eigenvalue weighted by molar-refractivity contribution is 0.0690. The van der Waals surface area contributed by atoms with Crippen molar-refractivity contribution >= 4 is 5.97 Å². The van der Waals surface area contributed by atoms with E-state index in [1.165, 1.54) is 18.2 Å². The molecule has 0 aliphatic heterocycles. The van der Waals surface area contributed by atoms with E-state index in [9.17, 15) is 4.79 Å². The Morgan fingerprint density at radius 3 is 2.57 bits per heavy atom. The highest BCUT2D eigenvalue weighted by atomic mass is 16.5. The number of hydrogen-bond donors (Lipinski definition) is 2. The summed E-state index contributed by atoms with van der Waals surface area (Å²) >= 11 is 0. The van der Waals surface area contributed by atoms with Gasteiger partial charge in [-0.2, -0.15) is 0 Å². The van der Waals surface area contributed by atoms with Gasteiger partial charge in [0.15, 0.2) is 0 Å². The minimum absolute atomic E-state index is 0.0290. The summed E-state index contributed by atoms with van der Waals surface area (Å²) in [5.41, 5.74) is -0.0290. The van der Waals surface area contributed by atoms with Crippen LogP contribution in [-0.2, 0) is 0 Å². The van der Waals surface area contributed by atoms with Gasteiger partial charge in [0.25, 0.3) is 0 Å². The molecule has 0 aliphatic carbocycles. The summed E-state index contributed by atoms with van der Waals surface area (Å²) in [6, 6.07) is 4.00. The quantitative estimate of drug-likeness (QED) is 0.774. The number of carboxylic acids is 1. The van der Waals surface area contributed by atoms with Crippen LogP contribution >= 0.6 is 0 Å². The maximum absolute atomic E-state index is 10.8. The van der Waals surface area contributed by atoms with Gasteiger partial charge < -0.3 is 14.9 Å². The van der Waals surface area contributed by atoms with Crippen LogP contribution in [0.3, 0.4) is 0 Å². The van der Waals surface area contributed by atoms with E-state index in [2.05, 4.69) is 0 Å². The Labute approximate surface area is 81.8 Å². The van der Waals surface area contributed by atoms with Crippen LogP contribution < -0.4 is 4.74 Å². The molecule has 0 bridgehead atoms. The monoisotopic (exact) mass is 196 g/mol. The minimum atomic E-state index is -1.11. The number of ether oxygens (including phenoxy) is 1. The van der Waals surface area contributed by atoms with Gasteiger partial charge in [-0.3, -0.25) is 0 Å². The molecule has 2 N–H and O–H groups in total. The largest absolute Gasteiger partial charge is 0.508 e. The standard InChI is InChI=1S/C10H12O4/c1-6(2)14-9-4-3-7(11)5-8(9)10(12)13/h3-6,11H,1-2H3,(H,12,13). The molecule has 76 valence electrons. The second-order valence-electron chi connectivity index (χ2n) is 3.15. The fourth-order valence-corrected chi connectivity index (χ4v) is 1.04. The predicted molar refractivity (Wildman–Crippen MR) is 50.8 cm³/mol. The average molecular weight is 196 g/mol. The van der Waals surface area contributed by atoms with Crippen LogP contribution in [0.1, 0.15) is 24.2 Å². The van der Waals surface area contributed by atoms with Gasteiger partial charge in [0.1, 0.15) is 17.1 Å². The Balaban J connectivity index is 3.08.